The topological polar surface area (TPSA) is 60.8 Å². The fourth-order valence-electron chi connectivity index (χ4n) is 6.33. The number of methoxy groups -OCH3 is 1. The van der Waals surface area contributed by atoms with Crippen LogP contribution in [-0.2, 0) is 19.6 Å². The Bertz CT molecular complexity index is 1970. The zero-order chi connectivity index (χ0) is 30.6. The fraction of sp³-hybridized carbons (Fsp3) is 0.189. The molecule has 7 heteroatoms. The van der Waals surface area contributed by atoms with Gasteiger partial charge in [0.15, 0.2) is 0 Å². The first-order valence-corrected chi connectivity index (χ1v) is 16.1. The normalized spacial score (nSPS) is 20.9. The molecule has 0 fully saturated rings. The molecule has 0 N–H and O–H groups in total. The molecule has 7 rings (SSSR count). The summed E-state index contributed by atoms with van der Waals surface area (Å²) in [5, 5.41) is 1.92. The molecule has 1 aliphatic heterocycles. The minimum atomic E-state index is -4.05. The largest absolute Gasteiger partial charge is 0.371 e. The predicted molar refractivity (Wildman–Crippen MR) is 174 cm³/mol. The van der Waals surface area contributed by atoms with Crippen molar-refractivity contribution in [2.75, 3.05) is 12.2 Å². The zero-order valence-electron chi connectivity index (χ0n) is 25.1. The van der Waals surface area contributed by atoms with Crippen molar-refractivity contribution in [3.63, 3.8) is 0 Å². The molecule has 222 valence electrons. The number of aryl methyl sites for hydroxylation is 2. The summed E-state index contributed by atoms with van der Waals surface area (Å²) < 4.78 is 37.2. The van der Waals surface area contributed by atoms with Crippen molar-refractivity contribution in [1.82, 2.24) is 3.97 Å². The lowest BCUT2D eigenvalue weighted by Gasteiger charge is -2.46. The Balaban J connectivity index is 1.63. The van der Waals surface area contributed by atoms with Gasteiger partial charge in [-0.25, -0.2) is 17.5 Å². The van der Waals surface area contributed by atoms with Crippen molar-refractivity contribution >= 4 is 21.8 Å². The maximum Gasteiger partial charge on any atom is 0.268 e. The number of rotatable bonds is 6. The van der Waals surface area contributed by atoms with Gasteiger partial charge in [0, 0.05) is 18.2 Å². The number of nitrogens with zero attached hydrogens (tertiary/aromatic N) is 2. The maximum absolute atomic E-state index is 14.8. The molecule has 0 radical (unpaired) electrons. The first-order valence-electron chi connectivity index (χ1n) is 14.7. The second-order valence-corrected chi connectivity index (χ2v) is 13.5. The molecule has 6 nitrogen and oxygen atoms in total. The summed E-state index contributed by atoms with van der Waals surface area (Å²) in [5.41, 5.74) is 6.76. The third-order valence-electron chi connectivity index (χ3n) is 8.77. The van der Waals surface area contributed by atoms with Crippen molar-refractivity contribution in [2.24, 2.45) is 0 Å². The minimum Gasteiger partial charge on any atom is -0.371 e. The zero-order valence-corrected chi connectivity index (χ0v) is 26.0. The van der Waals surface area contributed by atoms with Crippen LogP contribution in [0, 0.1) is 13.8 Å². The summed E-state index contributed by atoms with van der Waals surface area (Å²) >= 11 is 0. The molecule has 0 amide bonds. The molecule has 1 aromatic heterocycles. The number of para-hydroxylation sites is 1. The lowest BCUT2D eigenvalue weighted by molar-refractivity contribution is -0.115. The van der Waals surface area contributed by atoms with Crippen LogP contribution >= 0.6 is 0 Å². The van der Waals surface area contributed by atoms with Gasteiger partial charge in [0.1, 0.15) is 17.7 Å². The van der Waals surface area contributed by atoms with Gasteiger partial charge in [-0.2, -0.15) is 0 Å². The monoisotopic (exact) mass is 602 g/mol. The summed E-state index contributed by atoms with van der Waals surface area (Å²) in [4.78, 5) is 7.19. The molecular formula is C37H34N2O4S. The van der Waals surface area contributed by atoms with E-state index in [1.165, 1.54) is 3.97 Å². The van der Waals surface area contributed by atoms with Gasteiger partial charge < -0.3 is 4.74 Å². The number of benzene rings is 4. The lowest BCUT2D eigenvalue weighted by Crippen LogP contribution is -2.46. The smallest absolute Gasteiger partial charge is 0.268 e. The van der Waals surface area contributed by atoms with E-state index in [4.69, 9.17) is 9.57 Å². The third kappa shape index (κ3) is 4.42. The average molecular weight is 603 g/mol. The lowest BCUT2D eigenvalue weighted by atomic mass is 9.80. The van der Waals surface area contributed by atoms with Crippen molar-refractivity contribution in [2.45, 2.75) is 43.4 Å². The SMILES string of the molecule is COC1(C)C=Cc2c3c(c(-c4ccccc4)n2S(=O)(=O)c2ccc(C)cc2)C(c2ccc(C)cc2)N(c2ccccc2)OC31. The van der Waals surface area contributed by atoms with Crippen molar-refractivity contribution < 1.29 is 18.0 Å². The molecule has 0 spiro atoms. The second-order valence-electron chi connectivity index (χ2n) is 11.7. The van der Waals surface area contributed by atoms with Crippen LogP contribution in [0.25, 0.3) is 17.3 Å². The number of aromatic nitrogens is 1. The number of hydroxylamine groups is 1. The Morgan fingerprint density at radius 2 is 1.36 bits per heavy atom. The Kier molecular flexibility index (Phi) is 6.85. The van der Waals surface area contributed by atoms with E-state index in [1.807, 2.05) is 104 Å². The van der Waals surface area contributed by atoms with Crippen LogP contribution in [0.15, 0.2) is 120 Å². The first kappa shape index (κ1) is 28.3. The van der Waals surface area contributed by atoms with Crippen LogP contribution in [0.5, 0.6) is 0 Å². The van der Waals surface area contributed by atoms with E-state index in [-0.39, 0.29) is 4.90 Å². The van der Waals surface area contributed by atoms with Crippen LogP contribution in [0.4, 0.5) is 5.69 Å². The Morgan fingerprint density at radius 1 is 0.773 bits per heavy atom. The van der Waals surface area contributed by atoms with Crippen LogP contribution in [0.2, 0.25) is 0 Å². The van der Waals surface area contributed by atoms with E-state index in [0.29, 0.717) is 11.4 Å². The highest BCUT2D eigenvalue weighted by Crippen LogP contribution is 2.55. The molecule has 3 atom stereocenters. The highest BCUT2D eigenvalue weighted by atomic mass is 32.2. The molecule has 2 aliphatic rings. The number of anilines is 1. The summed E-state index contributed by atoms with van der Waals surface area (Å²) in [6.07, 6.45) is 3.17. The van der Waals surface area contributed by atoms with E-state index in [0.717, 1.165) is 39.1 Å². The number of hydrogen-bond donors (Lipinski definition) is 0. The van der Waals surface area contributed by atoms with Gasteiger partial charge in [0.05, 0.1) is 22.0 Å². The van der Waals surface area contributed by atoms with Crippen LogP contribution < -0.4 is 5.06 Å². The summed E-state index contributed by atoms with van der Waals surface area (Å²) in [6, 6.07) is 34.7. The van der Waals surface area contributed by atoms with E-state index >= 15 is 0 Å². The molecule has 1 aliphatic carbocycles. The first-order chi connectivity index (χ1) is 21.2. The van der Waals surface area contributed by atoms with Crippen molar-refractivity contribution in [1.29, 1.82) is 0 Å². The van der Waals surface area contributed by atoms with Crippen molar-refractivity contribution in [3.8, 4) is 11.3 Å². The molecule has 5 aromatic rings. The van der Waals surface area contributed by atoms with Gasteiger partial charge >= 0.3 is 0 Å². The Labute approximate surface area is 258 Å². The van der Waals surface area contributed by atoms with E-state index in [9.17, 15) is 8.42 Å². The average Bonchev–Trinajstić information content (AvgIpc) is 3.40. The highest BCUT2D eigenvalue weighted by molar-refractivity contribution is 7.90. The van der Waals surface area contributed by atoms with Crippen LogP contribution in [-0.4, -0.2) is 25.1 Å². The second kappa shape index (κ2) is 10.6. The van der Waals surface area contributed by atoms with Gasteiger partial charge in [-0.05, 0) is 68.3 Å². The number of ether oxygens (including phenoxy) is 1. The molecule has 0 saturated heterocycles. The highest BCUT2D eigenvalue weighted by Gasteiger charge is 2.51. The fourth-order valence-corrected chi connectivity index (χ4v) is 7.88. The number of hydrogen-bond acceptors (Lipinski definition) is 5. The molecule has 0 saturated carbocycles. The Hall–Kier alpha value is -4.43. The molecule has 44 heavy (non-hydrogen) atoms. The minimum absolute atomic E-state index is 0.224. The van der Waals surface area contributed by atoms with Gasteiger partial charge in [-0.3, -0.25) is 4.84 Å². The predicted octanol–water partition coefficient (Wildman–Crippen LogP) is 8.02. The van der Waals surface area contributed by atoms with Crippen molar-refractivity contribution in [3.05, 3.63) is 149 Å². The summed E-state index contributed by atoms with van der Waals surface area (Å²) in [5.74, 6) is 0. The van der Waals surface area contributed by atoms with E-state index in [1.54, 1.807) is 19.2 Å². The van der Waals surface area contributed by atoms with E-state index < -0.39 is 27.8 Å². The van der Waals surface area contributed by atoms with Gasteiger partial charge in [-0.15, -0.1) is 0 Å². The third-order valence-corrected chi connectivity index (χ3v) is 10.5. The molecular weight excluding hydrogens is 568 g/mol. The van der Waals surface area contributed by atoms with Crippen LogP contribution in [0.1, 0.15) is 52.6 Å². The van der Waals surface area contributed by atoms with Gasteiger partial charge in [0.2, 0.25) is 0 Å². The van der Waals surface area contributed by atoms with Gasteiger partial charge in [0.25, 0.3) is 10.0 Å². The maximum atomic E-state index is 14.8. The standard InChI is InChI=1S/C37H34N2O4S/c1-25-15-19-28(20-16-25)34-33-32-31(23-24-37(3,42-4)36(32)43-38(34)29-13-9-6-10-14-29)39(35(33)27-11-7-5-8-12-27)44(40,41)30-21-17-26(2)18-22-30/h5-24,34,36H,1-4H3. The summed E-state index contributed by atoms with van der Waals surface area (Å²) in [6.45, 7) is 5.98. The molecule has 4 aromatic carbocycles. The van der Waals surface area contributed by atoms with E-state index in [2.05, 4.69) is 31.2 Å². The quantitative estimate of drug-likeness (QED) is 0.197. The molecule has 3 unspecified atom stereocenters. The van der Waals surface area contributed by atoms with Crippen LogP contribution in [0.3, 0.4) is 0 Å². The molecule has 2 heterocycles. The Morgan fingerprint density at radius 3 is 1.98 bits per heavy atom. The summed E-state index contributed by atoms with van der Waals surface area (Å²) in [7, 11) is -2.39. The molecule has 0 bridgehead atoms. The van der Waals surface area contributed by atoms with Gasteiger partial charge in [-0.1, -0.05) is 96.1 Å².